The Bertz CT molecular complexity index is 808. The number of phenolic OH excluding ortho intramolecular Hbond substituents is 2. The van der Waals surface area contributed by atoms with E-state index in [4.69, 9.17) is 4.74 Å². The molecule has 0 spiro atoms. The van der Waals surface area contributed by atoms with E-state index in [2.05, 4.69) is 6.92 Å². The monoisotopic (exact) mass is 424 g/mol. The Hall–Kier alpha value is -2.75. The standard InChI is InChI=1S/C27H36O4/c1-2-3-4-5-6-7-8-9-10-11-21-31-26-14-12-13-24(29)27(26)25(30)20-17-22-15-18-23(28)19-16-22/h12-20,28-29H,2-11,21H2,1H3/b20-17+. The Morgan fingerprint density at radius 2 is 1.45 bits per heavy atom. The molecule has 0 saturated carbocycles. The molecule has 4 nitrogen and oxygen atoms in total. The van der Waals surface area contributed by atoms with Crippen LogP contribution in [0.1, 0.15) is 87.1 Å². The third kappa shape index (κ3) is 9.29. The van der Waals surface area contributed by atoms with Gasteiger partial charge in [-0.3, -0.25) is 4.79 Å². The molecule has 0 unspecified atom stereocenters. The highest BCUT2D eigenvalue weighted by Gasteiger charge is 2.15. The van der Waals surface area contributed by atoms with E-state index >= 15 is 0 Å². The first-order chi connectivity index (χ1) is 15.1. The Morgan fingerprint density at radius 3 is 2.10 bits per heavy atom. The van der Waals surface area contributed by atoms with Crippen LogP contribution in [-0.2, 0) is 0 Å². The van der Waals surface area contributed by atoms with Crippen molar-refractivity contribution >= 4 is 11.9 Å². The van der Waals surface area contributed by atoms with Gasteiger partial charge in [-0.25, -0.2) is 0 Å². The van der Waals surface area contributed by atoms with Gasteiger partial charge in [0.2, 0.25) is 0 Å². The number of rotatable bonds is 15. The highest BCUT2D eigenvalue weighted by atomic mass is 16.5. The molecule has 31 heavy (non-hydrogen) atoms. The van der Waals surface area contributed by atoms with Gasteiger partial charge >= 0.3 is 0 Å². The molecule has 168 valence electrons. The van der Waals surface area contributed by atoms with Crippen LogP contribution in [0, 0.1) is 0 Å². The molecular weight excluding hydrogens is 388 g/mol. The molecule has 0 radical (unpaired) electrons. The predicted octanol–water partition coefficient (Wildman–Crippen LogP) is 7.29. The van der Waals surface area contributed by atoms with Crippen molar-refractivity contribution in [2.75, 3.05) is 6.61 Å². The Balaban J connectivity index is 1.76. The lowest BCUT2D eigenvalue weighted by molar-refractivity contribution is 0.104. The van der Waals surface area contributed by atoms with Crippen LogP contribution >= 0.6 is 0 Å². The summed E-state index contributed by atoms with van der Waals surface area (Å²) in [6.07, 6.45) is 15.6. The van der Waals surface area contributed by atoms with Crippen molar-refractivity contribution in [2.45, 2.75) is 71.1 Å². The summed E-state index contributed by atoms with van der Waals surface area (Å²) in [7, 11) is 0. The SMILES string of the molecule is CCCCCCCCCCCCOc1cccc(O)c1C(=O)/C=C/c1ccc(O)cc1. The number of unbranched alkanes of at least 4 members (excludes halogenated alkanes) is 9. The second-order valence-corrected chi connectivity index (χ2v) is 7.97. The molecule has 4 heteroatoms. The highest BCUT2D eigenvalue weighted by Crippen LogP contribution is 2.29. The summed E-state index contributed by atoms with van der Waals surface area (Å²) >= 11 is 0. The first-order valence-electron chi connectivity index (χ1n) is 11.6. The van der Waals surface area contributed by atoms with Crippen LogP contribution in [0.3, 0.4) is 0 Å². The van der Waals surface area contributed by atoms with E-state index in [1.54, 1.807) is 42.5 Å². The van der Waals surface area contributed by atoms with E-state index in [9.17, 15) is 15.0 Å². The van der Waals surface area contributed by atoms with E-state index < -0.39 is 0 Å². The zero-order valence-corrected chi connectivity index (χ0v) is 18.7. The molecule has 2 N–H and O–H groups in total. The Morgan fingerprint density at radius 1 is 0.839 bits per heavy atom. The van der Waals surface area contributed by atoms with Crippen LogP contribution in [0.4, 0.5) is 0 Å². The minimum absolute atomic E-state index is 0.0825. The summed E-state index contributed by atoms with van der Waals surface area (Å²) in [4.78, 5) is 12.7. The molecule has 0 aliphatic rings. The molecule has 0 amide bonds. The second-order valence-electron chi connectivity index (χ2n) is 7.97. The van der Waals surface area contributed by atoms with Gasteiger partial charge in [-0.05, 0) is 42.3 Å². The van der Waals surface area contributed by atoms with Crippen LogP contribution in [-0.4, -0.2) is 22.6 Å². The van der Waals surface area contributed by atoms with Crippen molar-refractivity contribution in [3.05, 3.63) is 59.7 Å². The largest absolute Gasteiger partial charge is 0.508 e. The fourth-order valence-corrected chi connectivity index (χ4v) is 3.50. The van der Waals surface area contributed by atoms with Gasteiger partial charge in [0, 0.05) is 0 Å². The molecule has 0 aliphatic heterocycles. The van der Waals surface area contributed by atoms with Crippen molar-refractivity contribution in [3.63, 3.8) is 0 Å². The van der Waals surface area contributed by atoms with Crippen molar-refractivity contribution in [1.29, 1.82) is 0 Å². The molecule has 2 aromatic carbocycles. The molecule has 2 rings (SSSR count). The molecule has 0 aromatic heterocycles. The first kappa shape index (κ1) is 24.5. The number of hydrogen-bond donors (Lipinski definition) is 2. The van der Waals surface area contributed by atoms with Crippen molar-refractivity contribution in [3.8, 4) is 17.2 Å². The number of benzene rings is 2. The number of aromatic hydroxyl groups is 2. The second kappa shape index (κ2) is 14.3. The summed E-state index contributed by atoms with van der Waals surface area (Å²) in [6, 6.07) is 11.5. The van der Waals surface area contributed by atoms with Crippen LogP contribution in [0.25, 0.3) is 6.08 Å². The van der Waals surface area contributed by atoms with Crippen molar-refractivity contribution in [2.24, 2.45) is 0 Å². The zero-order chi connectivity index (χ0) is 22.3. The lowest BCUT2D eigenvalue weighted by atomic mass is 10.1. The van der Waals surface area contributed by atoms with Crippen LogP contribution in [0.5, 0.6) is 17.2 Å². The van der Waals surface area contributed by atoms with Crippen LogP contribution in [0.2, 0.25) is 0 Å². The number of phenols is 2. The lowest BCUT2D eigenvalue weighted by Crippen LogP contribution is -2.04. The number of allylic oxidation sites excluding steroid dienone is 1. The maximum Gasteiger partial charge on any atom is 0.193 e. The van der Waals surface area contributed by atoms with E-state index in [1.807, 2.05) is 0 Å². The predicted molar refractivity (Wildman–Crippen MR) is 127 cm³/mol. The van der Waals surface area contributed by atoms with Crippen molar-refractivity contribution in [1.82, 2.24) is 0 Å². The van der Waals surface area contributed by atoms with Gasteiger partial charge in [-0.1, -0.05) is 89.0 Å². The van der Waals surface area contributed by atoms with Gasteiger partial charge in [0.25, 0.3) is 0 Å². The minimum atomic E-state index is -0.316. The summed E-state index contributed by atoms with van der Waals surface area (Å²) < 4.78 is 5.83. The van der Waals surface area contributed by atoms with Crippen LogP contribution in [0.15, 0.2) is 48.5 Å². The molecule has 0 atom stereocenters. The number of carbonyl (C=O) groups excluding carboxylic acids is 1. The highest BCUT2D eigenvalue weighted by molar-refractivity contribution is 6.10. The topological polar surface area (TPSA) is 66.8 Å². The minimum Gasteiger partial charge on any atom is -0.508 e. The number of hydrogen-bond acceptors (Lipinski definition) is 4. The number of carbonyl (C=O) groups is 1. The van der Waals surface area contributed by atoms with E-state index in [1.165, 1.54) is 63.5 Å². The normalized spacial score (nSPS) is 11.1. The average molecular weight is 425 g/mol. The molecule has 0 fully saturated rings. The summed E-state index contributed by atoms with van der Waals surface area (Å²) in [6.45, 7) is 2.77. The summed E-state index contributed by atoms with van der Waals surface area (Å²) in [5.74, 6) is 0.188. The molecule has 0 heterocycles. The molecule has 0 saturated heterocycles. The molecular formula is C27H36O4. The maximum atomic E-state index is 12.7. The summed E-state index contributed by atoms with van der Waals surface area (Å²) in [5, 5.41) is 19.6. The molecule has 0 aliphatic carbocycles. The zero-order valence-electron chi connectivity index (χ0n) is 18.7. The first-order valence-corrected chi connectivity index (χ1v) is 11.6. The van der Waals surface area contributed by atoms with Gasteiger partial charge in [0.15, 0.2) is 5.78 Å². The smallest absolute Gasteiger partial charge is 0.193 e. The van der Waals surface area contributed by atoms with Gasteiger partial charge < -0.3 is 14.9 Å². The maximum absolute atomic E-state index is 12.7. The van der Waals surface area contributed by atoms with E-state index in [0.717, 1.165) is 18.4 Å². The third-order valence-corrected chi connectivity index (χ3v) is 5.33. The number of ketones is 1. The fourth-order valence-electron chi connectivity index (χ4n) is 3.50. The van der Waals surface area contributed by atoms with Gasteiger partial charge in [-0.15, -0.1) is 0 Å². The third-order valence-electron chi connectivity index (χ3n) is 5.33. The van der Waals surface area contributed by atoms with E-state index in [-0.39, 0.29) is 22.8 Å². The quantitative estimate of drug-likeness (QED) is 0.179. The lowest BCUT2D eigenvalue weighted by Gasteiger charge is -2.11. The Labute approximate surface area is 186 Å². The van der Waals surface area contributed by atoms with Crippen molar-refractivity contribution < 1.29 is 19.7 Å². The van der Waals surface area contributed by atoms with Gasteiger partial charge in [0.05, 0.1) is 6.61 Å². The molecule has 0 bridgehead atoms. The van der Waals surface area contributed by atoms with Gasteiger partial charge in [-0.2, -0.15) is 0 Å². The summed E-state index contributed by atoms with van der Waals surface area (Å²) in [5.41, 5.74) is 0.971. The fraction of sp³-hybridized carbons (Fsp3) is 0.444. The number of ether oxygens (including phenoxy) is 1. The average Bonchev–Trinajstić information content (AvgIpc) is 2.77. The molecule has 2 aromatic rings. The van der Waals surface area contributed by atoms with E-state index in [0.29, 0.717) is 12.4 Å². The van der Waals surface area contributed by atoms with Gasteiger partial charge in [0.1, 0.15) is 22.8 Å². The Kier molecular flexibility index (Phi) is 11.3. The van der Waals surface area contributed by atoms with Crippen LogP contribution < -0.4 is 4.74 Å².